The van der Waals surface area contributed by atoms with E-state index in [1.807, 2.05) is 30.3 Å². The highest BCUT2D eigenvalue weighted by atomic mass is 16.3. The second-order valence-electron chi connectivity index (χ2n) is 5.28. The summed E-state index contributed by atoms with van der Waals surface area (Å²) in [7, 11) is 0. The van der Waals surface area contributed by atoms with Crippen LogP contribution in [0.1, 0.15) is 31.6 Å². The zero-order valence-corrected chi connectivity index (χ0v) is 11.9. The van der Waals surface area contributed by atoms with E-state index in [1.165, 1.54) is 6.92 Å². The van der Waals surface area contributed by atoms with Crippen molar-refractivity contribution in [3.63, 3.8) is 0 Å². The third kappa shape index (κ3) is 2.67. The lowest BCUT2D eigenvalue weighted by molar-refractivity contribution is -0.140. The Balaban J connectivity index is 1.84. The Morgan fingerprint density at radius 2 is 2.19 bits per heavy atom. The molecule has 110 valence electrons. The summed E-state index contributed by atoms with van der Waals surface area (Å²) in [6.07, 6.45) is 0.758. The Kier molecular flexibility index (Phi) is 3.70. The van der Waals surface area contributed by atoms with E-state index in [9.17, 15) is 9.90 Å². The lowest BCUT2D eigenvalue weighted by atomic mass is 10.2. The molecule has 1 amide bonds. The van der Waals surface area contributed by atoms with E-state index < -0.39 is 6.10 Å². The molecule has 2 heterocycles. The molecule has 1 aliphatic rings. The fraction of sp³-hybridized carbons (Fsp3) is 0.400. The second-order valence-corrected chi connectivity index (χ2v) is 5.28. The molecule has 0 bridgehead atoms. The molecule has 1 aromatic carbocycles. The zero-order valence-electron chi connectivity index (χ0n) is 11.9. The van der Waals surface area contributed by atoms with Gasteiger partial charge < -0.3 is 10.0 Å². The fourth-order valence-electron chi connectivity index (χ4n) is 2.69. The molecular formula is C15H18N4O2. The molecule has 0 spiro atoms. The molecule has 2 N–H and O–H groups in total. The smallest absolute Gasteiger partial charge is 0.251 e. The number of nitrogens with zero attached hydrogens (tertiary/aromatic N) is 3. The van der Waals surface area contributed by atoms with Gasteiger partial charge in [-0.25, -0.2) is 4.98 Å². The average Bonchev–Trinajstić information content (AvgIpc) is 3.16. The van der Waals surface area contributed by atoms with Gasteiger partial charge in [0.1, 0.15) is 11.9 Å². The first kappa shape index (κ1) is 13.8. The van der Waals surface area contributed by atoms with Gasteiger partial charge in [0.15, 0.2) is 5.82 Å². The fourth-order valence-corrected chi connectivity index (χ4v) is 2.69. The highest BCUT2D eigenvalue weighted by Crippen LogP contribution is 2.31. The lowest BCUT2D eigenvalue weighted by Gasteiger charge is -2.24. The third-order valence-corrected chi connectivity index (χ3v) is 3.74. The van der Waals surface area contributed by atoms with Crippen LogP contribution in [0.25, 0.3) is 11.4 Å². The minimum atomic E-state index is -0.984. The van der Waals surface area contributed by atoms with Gasteiger partial charge in [0.05, 0.1) is 6.04 Å². The van der Waals surface area contributed by atoms with Crippen molar-refractivity contribution in [2.24, 2.45) is 0 Å². The van der Waals surface area contributed by atoms with Crippen molar-refractivity contribution in [1.29, 1.82) is 0 Å². The number of hydrogen-bond donors (Lipinski definition) is 2. The first-order chi connectivity index (χ1) is 10.2. The molecule has 3 rings (SSSR count). The molecule has 0 radical (unpaired) electrons. The molecule has 1 aliphatic heterocycles. The molecule has 1 saturated heterocycles. The molecular weight excluding hydrogens is 268 g/mol. The molecule has 2 aromatic rings. The molecule has 6 heteroatoms. The van der Waals surface area contributed by atoms with Crippen molar-refractivity contribution >= 4 is 5.91 Å². The Bertz CT molecular complexity index is 624. The maximum absolute atomic E-state index is 12.0. The summed E-state index contributed by atoms with van der Waals surface area (Å²) < 4.78 is 0. The number of likely N-dealkylation sites (tertiary alicyclic amines) is 1. The van der Waals surface area contributed by atoms with Crippen LogP contribution in [0, 0.1) is 0 Å². The number of carbonyl (C=O) groups excluding carboxylic acids is 1. The van der Waals surface area contributed by atoms with Crippen LogP contribution in [0.2, 0.25) is 0 Å². The molecule has 2 unspecified atom stereocenters. The van der Waals surface area contributed by atoms with Crippen molar-refractivity contribution < 1.29 is 9.90 Å². The minimum absolute atomic E-state index is 0.128. The molecule has 0 aliphatic carbocycles. The normalized spacial score (nSPS) is 19.7. The van der Waals surface area contributed by atoms with Crippen LogP contribution in [0.3, 0.4) is 0 Å². The van der Waals surface area contributed by atoms with Crippen LogP contribution >= 0.6 is 0 Å². The van der Waals surface area contributed by atoms with E-state index >= 15 is 0 Å². The summed E-state index contributed by atoms with van der Waals surface area (Å²) in [5.74, 6) is 1.05. The molecule has 0 saturated carbocycles. The van der Waals surface area contributed by atoms with Crippen molar-refractivity contribution in [2.45, 2.75) is 31.9 Å². The number of aliphatic hydroxyl groups is 1. The van der Waals surface area contributed by atoms with E-state index in [4.69, 9.17) is 0 Å². The van der Waals surface area contributed by atoms with E-state index in [0.717, 1.165) is 18.4 Å². The summed E-state index contributed by atoms with van der Waals surface area (Å²) in [4.78, 5) is 18.2. The summed E-state index contributed by atoms with van der Waals surface area (Å²) >= 11 is 0. The number of hydrogen-bond acceptors (Lipinski definition) is 4. The van der Waals surface area contributed by atoms with Crippen LogP contribution in [-0.4, -0.2) is 43.7 Å². The Hall–Kier alpha value is -2.21. The van der Waals surface area contributed by atoms with Crippen molar-refractivity contribution in [3.05, 3.63) is 36.2 Å². The quantitative estimate of drug-likeness (QED) is 0.896. The highest BCUT2D eigenvalue weighted by Gasteiger charge is 2.33. The predicted octanol–water partition coefficient (Wildman–Crippen LogP) is 1.52. The van der Waals surface area contributed by atoms with Gasteiger partial charge in [-0.1, -0.05) is 30.3 Å². The van der Waals surface area contributed by atoms with E-state index in [0.29, 0.717) is 18.2 Å². The highest BCUT2D eigenvalue weighted by molar-refractivity contribution is 5.80. The SMILES string of the molecule is CC(O)C(=O)N1CCCC1c1nc(-c2ccccc2)n[nH]1. The van der Waals surface area contributed by atoms with E-state index in [-0.39, 0.29) is 11.9 Å². The number of nitrogens with one attached hydrogen (secondary N) is 1. The largest absolute Gasteiger partial charge is 0.384 e. The van der Waals surface area contributed by atoms with Crippen molar-refractivity contribution in [2.75, 3.05) is 6.54 Å². The van der Waals surface area contributed by atoms with Crippen LogP contribution in [0.4, 0.5) is 0 Å². The maximum atomic E-state index is 12.0. The number of rotatable bonds is 3. The van der Waals surface area contributed by atoms with Crippen molar-refractivity contribution in [3.8, 4) is 11.4 Å². The number of carbonyl (C=O) groups is 1. The van der Waals surface area contributed by atoms with Gasteiger partial charge in [-0.15, -0.1) is 0 Å². The average molecular weight is 286 g/mol. The van der Waals surface area contributed by atoms with Crippen LogP contribution in [0.15, 0.2) is 30.3 Å². The van der Waals surface area contributed by atoms with E-state index in [2.05, 4.69) is 15.2 Å². The Morgan fingerprint density at radius 1 is 1.43 bits per heavy atom. The summed E-state index contributed by atoms with van der Waals surface area (Å²) in [5.41, 5.74) is 0.936. The summed E-state index contributed by atoms with van der Waals surface area (Å²) in [6.45, 7) is 2.14. The second kappa shape index (κ2) is 5.65. The van der Waals surface area contributed by atoms with Gasteiger partial charge in [-0.3, -0.25) is 9.89 Å². The maximum Gasteiger partial charge on any atom is 0.251 e. The monoisotopic (exact) mass is 286 g/mol. The number of amides is 1. The number of aromatic amines is 1. The number of aromatic nitrogens is 3. The van der Waals surface area contributed by atoms with E-state index in [1.54, 1.807) is 4.90 Å². The van der Waals surface area contributed by atoms with Crippen LogP contribution in [0.5, 0.6) is 0 Å². The molecule has 1 aromatic heterocycles. The third-order valence-electron chi connectivity index (χ3n) is 3.74. The minimum Gasteiger partial charge on any atom is -0.384 e. The van der Waals surface area contributed by atoms with Gasteiger partial charge >= 0.3 is 0 Å². The van der Waals surface area contributed by atoms with Gasteiger partial charge in [-0.05, 0) is 19.8 Å². The summed E-state index contributed by atoms with van der Waals surface area (Å²) in [5, 5.41) is 16.7. The van der Waals surface area contributed by atoms with Crippen LogP contribution < -0.4 is 0 Å². The molecule has 1 fully saturated rings. The van der Waals surface area contributed by atoms with Crippen LogP contribution in [-0.2, 0) is 4.79 Å². The van der Waals surface area contributed by atoms with Gasteiger partial charge in [-0.2, -0.15) is 5.10 Å². The molecule has 2 atom stereocenters. The molecule has 6 nitrogen and oxygen atoms in total. The number of benzene rings is 1. The Morgan fingerprint density at radius 3 is 2.90 bits per heavy atom. The zero-order chi connectivity index (χ0) is 14.8. The first-order valence-electron chi connectivity index (χ1n) is 7.13. The van der Waals surface area contributed by atoms with Gasteiger partial charge in [0.25, 0.3) is 5.91 Å². The first-order valence-corrected chi connectivity index (χ1v) is 7.13. The lowest BCUT2D eigenvalue weighted by Crippen LogP contribution is -2.37. The summed E-state index contributed by atoms with van der Waals surface area (Å²) in [6, 6.07) is 9.57. The van der Waals surface area contributed by atoms with Crippen molar-refractivity contribution in [1.82, 2.24) is 20.1 Å². The number of aliphatic hydroxyl groups excluding tert-OH is 1. The van der Waals surface area contributed by atoms with Gasteiger partial charge in [0, 0.05) is 12.1 Å². The standard InChI is InChI=1S/C15H18N4O2/c1-10(20)15(21)19-9-5-8-12(19)14-16-13(17-18-14)11-6-3-2-4-7-11/h2-4,6-7,10,12,20H,5,8-9H2,1H3,(H,16,17,18). The Labute approximate surface area is 122 Å². The number of H-pyrrole nitrogens is 1. The predicted molar refractivity (Wildman–Crippen MR) is 77.2 cm³/mol. The topological polar surface area (TPSA) is 82.1 Å². The van der Waals surface area contributed by atoms with Gasteiger partial charge in [0.2, 0.25) is 0 Å². The molecule has 21 heavy (non-hydrogen) atoms.